The van der Waals surface area contributed by atoms with Crippen molar-refractivity contribution < 1.29 is 4.74 Å². The minimum absolute atomic E-state index is 0.778. The van der Waals surface area contributed by atoms with E-state index in [-0.39, 0.29) is 0 Å². The number of rotatable bonds is 1. The molecule has 2 nitrogen and oxygen atoms in total. The quantitative estimate of drug-likeness (QED) is 0.705. The zero-order chi connectivity index (χ0) is 9.10. The van der Waals surface area contributed by atoms with Crippen LogP contribution in [-0.4, -0.2) is 13.2 Å². The Morgan fingerprint density at radius 1 is 1.46 bits per heavy atom. The van der Waals surface area contributed by atoms with Crippen LogP contribution in [-0.2, 0) is 13.0 Å². The first-order valence-corrected chi connectivity index (χ1v) is 4.86. The fraction of sp³-hybridized carbons (Fsp3) is 0.455. The highest BCUT2D eigenvalue weighted by atomic mass is 16.5. The van der Waals surface area contributed by atoms with E-state index in [1.807, 2.05) is 0 Å². The van der Waals surface area contributed by atoms with Gasteiger partial charge in [0, 0.05) is 18.7 Å². The van der Waals surface area contributed by atoms with Crippen molar-refractivity contribution in [3.63, 3.8) is 0 Å². The van der Waals surface area contributed by atoms with E-state index in [0.29, 0.717) is 0 Å². The van der Waals surface area contributed by atoms with E-state index in [4.69, 9.17) is 4.74 Å². The van der Waals surface area contributed by atoms with Gasteiger partial charge in [-0.1, -0.05) is 19.1 Å². The zero-order valence-corrected chi connectivity index (χ0v) is 7.97. The Hall–Kier alpha value is -1.02. The van der Waals surface area contributed by atoms with Crippen LogP contribution >= 0.6 is 0 Å². The van der Waals surface area contributed by atoms with E-state index in [0.717, 1.165) is 31.9 Å². The Kier molecular flexibility index (Phi) is 2.50. The Labute approximate surface area is 78.9 Å². The minimum Gasteiger partial charge on any atom is -0.492 e. The summed E-state index contributed by atoms with van der Waals surface area (Å²) in [6.07, 6.45) is 1.08. The van der Waals surface area contributed by atoms with Gasteiger partial charge in [0.1, 0.15) is 12.4 Å². The van der Waals surface area contributed by atoms with Crippen molar-refractivity contribution in [3.05, 3.63) is 29.3 Å². The Balaban J connectivity index is 2.40. The molecule has 0 saturated heterocycles. The third-order valence-electron chi connectivity index (χ3n) is 2.45. The predicted molar refractivity (Wildman–Crippen MR) is 53.0 cm³/mol. The highest BCUT2D eigenvalue weighted by Gasteiger charge is 2.10. The van der Waals surface area contributed by atoms with Crippen LogP contribution < -0.4 is 10.1 Å². The van der Waals surface area contributed by atoms with Gasteiger partial charge in [-0.2, -0.15) is 0 Å². The van der Waals surface area contributed by atoms with E-state index < -0.39 is 0 Å². The molecule has 13 heavy (non-hydrogen) atoms. The molecule has 2 heteroatoms. The summed E-state index contributed by atoms with van der Waals surface area (Å²) in [4.78, 5) is 0. The molecule has 2 rings (SSSR count). The molecule has 0 atom stereocenters. The van der Waals surface area contributed by atoms with E-state index in [1.165, 1.54) is 11.1 Å². The van der Waals surface area contributed by atoms with Crippen molar-refractivity contribution in [2.75, 3.05) is 13.2 Å². The average Bonchev–Trinajstić information content (AvgIpc) is 2.41. The summed E-state index contributed by atoms with van der Waals surface area (Å²) >= 11 is 0. The van der Waals surface area contributed by atoms with E-state index in [1.54, 1.807) is 0 Å². The summed E-state index contributed by atoms with van der Waals surface area (Å²) in [6, 6.07) is 6.31. The van der Waals surface area contributed by atoms with Gasteiger partial charge in [0.2, 0.25) is 0 Å². The standard InChI is InChI=1S/C11H15NO/c1-2-9-4-3-5-11-10(9)8-12-6-7-13-11/h3-5,12H,2,6-8H2,1H3. The summed E-state index contributed by atoms with van der Waals surface area (Å²) in [6.45, 7) is 4.85. The second-order valence-electron chi connectivity index (χ2n) is 3.27. The lowest BCUT2D eigenvalue weighted by molar-refractivity contribution is 0.325. The van der Waals surface area contributed by atoms with Crippen LogP contribution in [0, 0.1) is 0 Å². The van der Waals surface area contributed by atoms with Crippen LogP contribution in [0.25, 0.3) is 0 Å². The maximum absolute atomic E-state index is 5.63. The maximum Gasteiger partial charge on any atom is 0.124 e. The summed E-state index contributed by atoms with van der Waals surface area (Å²) in [5.41, 5.74) is 2.73. The van der Waals surface area contributed by atoms with Gasteiger partial charge in [0.25, 0.3) is 0 Å². The molecule has 0 aliphatic carbocycles. The number of ether oxygens (including phenoxy) is 1. The van der Waals surface area contributed by atoms with Gasteiger partial charge >= 0.3 is 0 Å². The SMILES string of the molecule is CCc1cccc2c1CNCCO2. The largest absolute Gasteiger partial charge is 0.492 e. The topological polar surface area (TPSA) is 21.3 Å². The third-order valence-corrected chi connectivity index (χ3v) is 2.45. The Morgan fingerprint density at radius 2 is 2.38 bits per heavy atom. The second-order valence-corrected chi connectivity index (χ2v) is 3.27. The Morgan fingerprint density at radius 3 is 3.23 bits per heavy atom. The third kappa shape index (κ3) is 1.68. The molecular weight excluding hydrogens is 162 g/mol. The summed E-state index contributed by atoms with van der Waals surface area (Å²) in [5, 5.41) is 3.35. The minimum atomic E-state index is 0.778. The highest BCUT2D eigenvalue weighted by Crippen LogP contribution is 2.23. The fourth-order valence-corrected chi connectivity index (χ4v) is 1.72. The molecule has 0 radical (unpaired) electrons. The van der Waals surface area contributed by atoms with Crippen molar-refractivity contribution in [3.8, 4) is 5.75 Å². The van der Waals surface area contributed by atoms with Crippen molar-refractivity contribution >= 4 is 0 Å². The molecule has 0 bridgehead atoms. The first-order chi connectivity index (χ1) is 6.42. The number of nitrogens with one attached hydrogen (secondary N) is 1. The molecule has 1 aromatic rings. The van der Waals surface area contributed by atoms with Crippen molar-refractivity contribution in [2.24, 2.45) is 0 Å². The van der Waals surface area contributed by atoms with Gasteiger partial charge in [-0.3, -0.25) is 0 Å². The normalized spacial score (nSPS) is 15.8. The monoisotopic (exact) mass is 177 g/mol. The maximum atomic E-state index is 5.63. The summed E-state index contributed by atoms with van der Waals surface area (Å²) in [5.74, 6) is 1.06. The van der Waals surface area contributed by atoms with Crippen LogP contribution in [0.1, 0.15) is 18.1 Å². The van der Waals surface area contributed by atoms with Crippen LogP contribution in [0.3, 0.4) is 0 Å². The van der Waals surface area contributed by atoms with Gasteiger partial charge in [0.05, 0.1) is 0 Å². The van der Waals surface area contributed by atoms with Gasteiger partial charge < -0.3 is 10.1 Å². The van der Waals surface area contributed by atoms with E-state index in [9.17, 15) is 0 Å². The molecule has 1 aliphatic heterocycles. The van der Waals surface area contributed by atoms with Crippen molar-refractivity contribution in [1.29, 1.82) is 0 Å². The zero-order valence-electron chi connectivity index (χ0n) is 7.97. The van der Waals surface area contributed by atoms with E-state index >= 15 is 0 Å². The molecule has 0 aromatic heterocycles. The summed E-state index contributed by atoms with van der Waals surface area (Å²) in [7, 11) is 0. The van der Waals surface area contributed by atoms with Gasteiger partial charge in [-0.05, 0) is 18.1 Å². The van der Waals surface area contributed by atoms with Crippen LogP contribution in [0.5, 0.6) is 5.75 Å². The number of aryl methyl sites for hydroxylation is 1. The van der Waals surface area contributed by atoms with E-state index in [2.05, 4.69) is 30.4 Å². The van der Waals surface area contributed by atoms with Gasteiger partial charge in [0.15, 0.2) is 0 Å². The van der Waals surface area contributed by atoms with Crippen LogP contribution in [0.2, 0.25) is 0 Å². The molecule has 0 spiro atoms. The lowest BCUT2D eigenvalue weighted by atomic mass is 10.0. The molecule has 0 fully saturated rings. The number of hydrogen-bond donors (Lipinski definition) is 1. The van der Waals surface area contributed by atoms with Crippen LogP contribution in [0.4, 0.5) is 0 Å². The van der Waals surface area contributed by atoms with Crippen LogP contribution in [0.15, 0.2) is 18.2 Å². The number of fused-ring (bicyclic) bond motifs is 1. The molecule has 0 unspecified atom stereocenters. The number of benzene rings is 1. The molecule has 1 aromatic carbocycles. The summed E-state index contributed by atoms with van der Waals surface area (Å²) < 4.78 is 5.63. The molecule has 1 N–H and O–H groups in total. The van der Waals surface area contributed by atoms with Gasteiger partial charge in [-0.25, -0.2) is 0 Å². The second kappa shape index (κ2) is 3.79. The lowest BCUT2D eigenvalue weighted by Crippen LogP contribution is -2.16. The highest BCUT2D eigenvalue weighted by molar-refractivity contribution is 5.40. The smallest absolute Gasteiger partial charge is 0.124 e. The first kappa shape index (κ1) is 8.57. The lowest BCUT2D eigenvalue weighted by Gasteiger charge is -2.09. The van der Waals surface area contributed by atoms with Crippen molar-refractivity contribution in [2.45, 2.75) is 19.9 Å². The molecule has 0 saturated carbocycles. The molecule has 1 aliphatic rings. The van der Waals surface area contributed by atoms with Crippen molar-refractivity contribution in [1.82, 2.24) is 5.32 Å². The Bertz CT molecular complexity index is 296. The number of hydrogen-bond acceptors (Lipinski definition) is 2. The predicted octanol–water partition coefficient (Wildman–Crippen LogP) is 1.73. The average molecular weight is 177 g/mol. The molecule has 0 amide bonds. The molecular formula is C11H15NO. The molecule has 70 valence electrons. The van der Waals surface area contributed by atoms with Gasteiger partial charge in [-0.15, -0.1) is 0 Å². The fourth-order valence-electron chi connectivity index (χ4n) is 1.72. The molecule has 1 heterocycles. The first-order valence-electron chi connectivity index (χ1n) is 4.86.